The second-order valence-corrected chi connectivity index (χ2v) is 3.18. The highest BCUT2D eigenvalue weighted by Gasteiger charge is 2.07. The molecule has 1 aromatic carbocycles. The molecule has 4 nitrogen and oxygen atoms in total. The van der Waals surface area contributed by atoms with Crippen molar-refractivity contribution in [3.63, 3.8) is 0 Å². The summed E-state index contributed by atoms with van der Waals surface area (Å²) in [5.41, 5.74) is 8.37. The first-order valence-electron chi connectivity index (χ1n) is 4.79. The van der Waals surface area contributed by atoms with Gasteiger partial charge in [0.25, 0.3) is 5.97 Å². The van der Waals surface area contributed by atoms with E-state index < -0.39 is 12.0 Å². The van der Waals surface area contributed by atoms with Crippen LogP contribution in [0.3, 0.4) is 0 Å². The third kappa shape index (κ3) is 3.59. The van der Waals surface area contributed by atoms with Crippen LogP contribution in [0.2, 0.25) is 0 Å². The van der Waals surface area contributed by atoms with Crippen molar-refractivity contribution in [2.75, 3.05) is 6.61 Å². The van der Waals surface area contributed by atoms with E-state index in [-0.39, 0.29) is 5.75 Å². The number of nitrogens with one attached hydrogen (secondary N) is 1. The molecule has 1 unspecified atom stereocenters. The Balaban J connectivity index is 2.54. The second-order valence-electron chi connectivity index (χ2n) is 3.18. The molecule has 0 heterocycles. The molecule has 1 aromatic rings. The zero-order valence-corrected chi connectivity index (χ0v) is 8.56. The van der Waals surface area contributed by atoms with Crippen molar-refractivity contribution in [2.24, 2.45) is 0 Å². The van der Waals surface area contributed by atoms with E-state index in [4.69, 9.17) is 15.6 Å². The van der Waals surface area contributed by atoms with Crippen molar-refractivity contribution in [3.05, 3.63) is 35.6 Å². The van der Waals surface area contributed by atoms with Crippen molar-refractivity contribution in [2.45, 2.75) is 19.4 Å². The van der Waals surface area contributed by atoms with Crippen LogP contribution in [-0.2, 0) is 16.0 Å². The first-order chi connectivity index (χ1) is 7.13. The summed E-state index contributed by atoms with van der Waals surface area (Å²) in [7, 11) is 0. The number of rotatable bonds is 4. The van der Waals surface area contributed by atoms with Gasteiger partial charge in [-0.3, -0.25) is 4.79 Å². The van der Waals surface area contributed by atoms with Crippen LogP contribution in [0.25, 0.3) is 5.73 Å². The second kappa shape index (κ2) is 5.36. The highest BCUT2D eigenvalue weighted by Crippen LogP contribution is 2.12. The Kier molecular flexibility index (Phi) is 4.12. The average Bonchev–Trinajstić information content (AvgIpc) is 2.22. The summed E-state index contributed by atoms with van der Waals surface area (Å²) in [6, 6.07) is 5.56. The standard InChI is InChI=1S/C11H14NO3/c1-2-15-11(14)10(12)7-8-3-5-9(13)6-4-8/h3-6,10,12-13H,2,7H2,1H3/q-1. The fourth-order valence-electron chi connectivity index (χ4n) is 1.19. The predicted molar refractivity (Wildman–Crippen MR) is 56.6 cm³/mol. The molecule has 0 aliphatic heterocycles. The Labute approximate surface area is 88.7 Å². The molecule has 0 spiro atoms. The fourth-order valence-corrected chi connectivity index (χ4v) is 1.19. The lowest BCUT2D eigenvalue weighted by molar-refractivity contribution is -0.143. The zero-order valence-electron chi connectivity index (χ0n) is 8.56. The van der Waals surface area contributed by atoms with Crippen molar-refractivity contribution in [3.8, 4) is 5.75 Å². The third-order valence-corrected chi connectivity index (χ3v) is 1.95. The zero-order chi connectivity index (χ0) is 11.3. The van der Waals surface area contributed by atoms with Crippen LogP contribution in [0, 0.1) is 0 Å². The number of phenolic OH excluding ortho intramolecular Hbond substituents is 1. The predicted octanol–water partition coefficient (Wildman–Crippen LogP) is 1.92. The molecule has 0 saturated carbocycles. The van der Waals surface area contributed by atoms with Crippen molar-refractivity contribution in [1.29, 1.82) is 0 Å². The topological polar surface area (TPSA) is 70.3 Å². The maximum Gasteiger partial charge on any atom is 0.288 e. The maximum atomic E-state index is 11.2. The number of hydrogen-bond donors (Lipinski definition) is 1. The lowest BCUT2D eigenvalue weighted by atomic mass is 10.1. The number of aromatic hydroxyl groups is 1. The van der Waals surface area contributed by atoms with Gasteiger partial charge in [0, 0.05) is 0 Å². The van der Waals surface area contributed by atoms with E-state index in [2.05, 4.69) is 0 Å². The maximum absolute atomic E-state index is 11.2. The molecule has 82 valence electrons. The largest absolute Gasteiger partial charge is 0.665 e. The van der Waals surface area contributed by atoms with Gasteiger partial charge in [-0.15, -0.1) is 0 Å². The first-order valence-corrected chi connectivity index (χ1v) is 4.79. The molecule has 15 heavy (non-hydrogen) atoms. The third-order valence-electron chi connectivity index (χ3n) is 1.95. The molecule has 0 radical (unpaired) electrons. The lowest BCUT2D eigenvalue weighted by Gasteiger charge is -2.17. The molecule has 1 rings (SSSR count). The average molecular weight is 208 g/mol. The highest BCUT2D eigenvalue weighted by atomic mass is 16.5. The molecule has 0 fully saturated rings. The number of carbonyl (C=O) groups is 1. The van der Waals surface area contributed by atoms with Crippen LogP contribution in [0.1, 0.15) is 12.5 Å². The molecule has 0 saturated heterocycles. The Morgan fingerprint density at radius 1 is 1.47 bits per heavy atom. The molecule has 0 bridgehead atoms. The molecule has 0 aliphatic rings. The quantitative estimate of drug-likeness (QED) is 0.768. The van der Waals surface area contributed by atoms with Crippen LogP contribution < -0.4 is 0 Å². The first kappa shape index (κ1) is 11.5. The summed E-state index contributed by atoms with van der Waals surface area (Å²) >= 11 is 0. The molecule has 0 aromatic heterocycles. The summed E-state index contributed by atoms with van der Waals surface area (Å²) in [6.45, 7) is 2.01. The van der Waals surface area contributed by atoms with E-state index in [1.54, 1.807) is 19.1 Å². The van der Waals surface area contributed by atoms with Gasteiger partial charge in [0.1, 0.15) is 5.75 Å². The van der Waals surface area contributed by atoms with E-state index >= 15 is 0 Å². The van der Waals surface area contributed by atoms with Crippen LogP contribution in [0.5, 0.6) is 5.75 Å². The van der Waals surface area contributed by atoms with Gasteiger partial charge in [0.2, 0.25) is 0 Å². The van der Waals surface area contributed by atoms with E-state index in [1.165, 1.54) is 12.1 Å². The minimum atomic E-state index is -0.894. The molecule has 0 aliphatic carbocycles. The lowest BCUT2D eigenvalue weighted by Crippen LogP contribution is -2.21. The summed E-state index contributed by atoms with van der Waals surface area (Å²) < 4.78 is 4.72. The Morgan fingerprint density at radius 2 is 2.07 bits per heavy atom. The van der Waals surface area contributed by atoms with Crippen LogP contribution in [-0.4, -0.2) is 23.7 Å². The minimum Gasteiger partial charge on any atom is -0.665 e. The van der Waals surface area contributed by atoms with Gasteiger partial charge >= 0.3 is 0 Å². The van der Waals surface area contributed by atoms with Crippen LogP contribution >= 0.6 is 0 Å². The molecular formula is C11H14NO3-. The minimum absolute atomic E-state index is 0.177. The van der Waals surface area contributed by atoms with Gasteiger partial charge < -0.3 is 15.6 Å². The Morgan fingerprint density at radius 3 is 2.60 bits per heavy atom. The van der Waals surface area contributed by atoms with Crippen molar-refractivity contribution < 1.29 is 14.6 Å². The number of phenols is 1. The monoisotopic (exact) mass is 208 g/mol. The van der Waals surface area contributed by atoms with Crippen molar-refractivity contribution in [1.82, 2.24) is 0 Å². The fraction of sp³-hybridized carbons (Fsp3) is 0.364. The van der Waals surface area contributed by atoms with Gasteiger partial charge in [-0.25, -0.2) is 0 Å². The van der Waals surface area contributed by atoms with Gasteiger partial charge in [-0.2, -0.15) is 0 Å². The number of hydrogen-bond acceptors (Lipinski definition) is 3. The summed E-state index contributed by atoms with van der Waals surface area (Å²) in [5.74, 6) is -0.331. The Hall–Kier alpha value is -1.55. The summed E-state index contributed by atoms with van der Waals surface area (Å²) in [6.07, 6.45) is 0.305. The number of esters is 1. The van der Waals surface area contributed by atoms with Gasteiger partial charge in [0.15, 0.2) is 0 Å². The Bertz CT molecular complexity index is 321. The number of benzene rings is 1. The van der Waals surface area contributed by atoms with Gasteiger partial charge in [-0.05, 0) is 37.1 Å². The molecule has 2 N–H and O–H groups in total. The molecule has 1 atom stereocenters. The van der Waals surface area contributed by atoms with Crippen LogP contribution in [0.4, 0.5) is 0 Å². The van der Waals surface area contributed by atoms with Crippen molar-refractivity contribution >= 4 is 5.97 Å². The SMILES string of the molecule is CCOC(=O)C([NH-])Cc1ccc(O)cc1. The van der Waals surface area contributed by atoms with E-state index in [1.807, 2.05) is 0 Å². The normalized spacial score (nSPS) is 12.1. The van der Waals surface area contributed by atoms with E-state index in [0.717, 1.165) is 5.56 Å². The molecular weight excluding hydrogens is 194 g/mol. The number of carbonyl (C=O) groups excluding carboxylic acids is 1. The highest BCUT2D eigenvalue weighted by molar-refractivity contribution is 5.77. The van der Waals surface area contributed by atoms with Gasteiger partial charge in [0.05, 0.1) is 6.61 Å². The number of ether oxygens (including phenoxy) is 1. The smallest absolute Gasteiger partial charge is 0.288 e. The summed E-state index contributed by atoms with van der Waals surface area (Å²) in [4.78, 5) is 11.2. The van der Waals surface area contributed by atoms with E-state index in [0.29, 0.717) is 13.0 Å². The van der Waals surface area contributed by atoms with E-state index in [9.17, 15) is 4.79 Å². The summed E-state index contributed by atoms with van der Waals surface area (Å²) in [5, 5.41) is 9.05. The van der Waals surface area contributed by atoms with Crippen LogP contribution in [0.15, 0.2) is 24.3 Å². The van der Waals surface area contributed by atoms with Gasteiger partial charge in [-0.1, -0.05) is 12.1 Å². The molecule has 4 heteroatoms. The molecule has 0 amide bonds.